The molecule has 3 heterocycles. The Kier molecular flexibility index (Phi) is 5.36. The van der Waals surface area contributed by atoms with Gasteiger partial charge in [0.1, 0.15) is 4.90 Å². The van der Waals surface area contributed by atoms with Gasteiger partial charge in [-0.15, -0.1) is 3.97 Å². The lowest BCUT2D eigenvalue weighted by Gasteiger charge is -2.25. The second kappa shape index (κ2) is 8.02. The molecule has 4 rings (SSSR count). The van der Waals surface area contributed by atoms with E-state index in [1.54, 1.807) is 0 Å². The molecule has 0 aliphatic rings. The van der Waals surface area contributed by atoms with Crippen molar-refractivity contribution in [3.8, 4) is 0 Å². The number of benzene rings is 1. The summed E-state index contributed by atoms with van der Waals surface area (Å²) in [6, 6.07) is 9.56. The maximum Gasteiger partial charge on any atom is 0.365 e. The van der Waals surface area contributed by atoms with Gasteiger partial charge in [-0.25, -0.2) is 18.2 Å². The highest BCUT2D eigenvalue weighted by atomic mass is 35.5. The van der Waals surface area contributed by atoms with E-state index in [1.807, 2.05) is 0 Å². The summed E-state index contributed by atoms with van der Waals surface area (Å²) >= 11 is 6.08. The predicted octanol–water partition coefficient (Wildman–Crippen LogP) is 1.66. The third kappa shape index (κ3) is 3.47. The van der Waals surface area contributed by atoms with Crippen molar-refractivity contribution in [3.63, 3.8) is 0 Å². The molecule has 0 fully saturated rings. The van der Waals surface area contributed by atoms with Gasteiger partial charge in [-0.3, -0.25) is 19.6 Å². The van der Waals surface area contributed by atoms with Gasteiger partial charge in [0, 0.05) is 30.5 Å². The van der Waals surface area contributed by atoms with Crippen molar-refractivity contribution in [1.82, 2.24) is 18.6 Å². The number of nitrogens with zero attached hydrogens (tertiary/aromatic N) is 5. The number of fused-ring (bicyclic) bond motifs is 1. The van der Waals surface area contributed by atoms with Gasteiger partial charge in [-0.1, -0.05) is 11.6 Å². The Balaban J connectivity index is 2.19. The van der Waals surface area contributed by atoms with Crippen LogP contribution in [0.3, 0.4) is 0 Å². The van der Waals surface area contributed by atoms with Crippen LogP contribution in [0.1, 0.15) is 6.92 Å². The number of halogens is 1. The molecule has 0 spiro atoms. The van der Waals surface area contributed by atoms with Gasteiger partial charge in [0.2, 0.25) is 5.91 Å². The number of anilines is 1. The van der Waals surface area contributed by atoms with E-state index in [0.717, 1.165) is 15.9 Å². The third-order valence-corrected chi connectivity index (χ3v) is 6.39. The Hall–Kier alpha value is -3.83. The Morgan fingerprint density at radius 2 is 1.72 bits per heavy atom. The van der Waals surface area contributed by atoms with Crippen LogP contribution in [0.4, 0.5) is 5.69 Å². The van der Waals surface area contributed by atoms with Gasteiger partial charge in [-0.05, 0) is 42.5 Å². The van der Waals surface area contributed by atoms with E-state index in [0.29, 0.717) is 0 Å². The van der Waals surface area contributed by atoms with Crippen molar-refractivity contribution in [1.29, 1.82) is 0 Å². The molecule has 1 aromatic carbocycles. The highest BCUT2D eigenvalue weighted by molar-refractivity contribution is 7.89. The number of amides is 1. The average molecular weight is 472 g/mol. The molecule has 4 aromatic rings. The molecular weight excluding hydrogens is 458 g/mol. The van der Waals surface area contributed by atoms with E-state index in [-0.39, 0.29) is 30.5 Å². The minimum absolute atomic E-state index is 0.0517. The van der Waals surface area contributed by atoms with Crippen LogP contribution in [0.2, 0.25) is 5.02 Å². The standard InChI is InChI=1S/C20H14ClN5O5S/c1-13(27)24(15-4-2-8-22-11-15)25-18-10-14(21)6-7-17(18)19(28)26(20(25)29)32(30,31)16-5-3-9-23-12-16/h2-12H,1H3. The molecule has 0 bridgehead atoms. The number of carbonyl (C=O) groups is 1. The predicted molar refractivity (Wildman–Crippen MR) is 117 cm³/mol. The molecule has 3 aromatic heterocycles. The molecule has 162 valence electrons. The van der Waals surface area contributed by atoms with E-state index in [4.69, 9.17) is 11.6 Å². The SMILES string of the molecule is CC(=O)N(c1cccnc1)n1c(=O)n(S(=O)(=O)c2cccnc2)c(=O)c2ccc(Cl)cc21. The maximum atomic E-state index is 13.5. The molecule has 12 heteroatoms. The molecular formula is C20H14ClN5O5S. The Bertz CT molecular complexity index is 1570. The molecule has 0 saturated heterocycles. The van der Waals surface area contributed by atoms with E-state index >= 15 is 0 Å². The monoisotopic (exact) mass is 471 g/mol. The Morgan fingerprint density at radius 3 is 2.31 bits per heavy atom. The number of hydrogen-bond acceptors (Lipinski definition) is 7. The topological polar surface area (TPSA) is 124 Å². The van der Waals surface area contributed by atoms with Crippen LogP contribution in [0.15, 0.2) is 81.7 Å². The fourth-order valence-corrected chi connectivity index (χ4v) is 4.60. The van der Waals surface area contributed by atoms with Crippen LogP contribution in [0.5, 0.6) is 0 Å². The minimum atomic E-state index is -4.64. The summed E-state index contributed by atoms with van der Waals surface area (Å²) < 4.78 is 27.4. The number of rotatable bonds is 4. The summed E-state index contributed by atoms with van der Waals surface area (Å²) in [5.74, 6) is -0.634. The van der Waals surface area contributed by atoms with Crippen molar-refractivity contribution < 1.29 is 13.2 Å². The molecule has 0 N–H and O–H groups in total. The third-order valence-electron chi connectivity index (χ3n) is 4.52. The van der Waals surface area contributed by atoms with Crippen molar-refractivity contribution in [2.24, 2.45) is 0 Å². The minimum Gasteiger partial charge on any atom is -0.273 e. The zero-order chi connectivity index (χ0) is 23.0. The lowest BCUT2D eigenvalue weighted by Crippen LogP contribution is -2.51. The molecule has 32 heavy (non-hydrogen) atoms. The summed E-state index contributed by atoms with van der Waals surface area (Å²) in [7, 11) is -4.64. The molecule has 1 amide bonds. The van der Waals surface area contributed by atoms with Crippen LogP contribution < -0.4 is 16.3 Å². The Morgan fingerprint density at radius 1 is 1.03 bits per heavy atom. The van der Waals surface area contributed by atoms with Gasteiger partial charge < -0.3 is 0 Å². The molecule has 0 saturated carbocycles. The molecule has 0 aliphatic carbocycles. The second-order valence-electron chi connectivity index (χ2n) is 6.56. The van der Waals surface area contributed by atoms with Crippen LogP contribution in [-0.2, 0) is 14.8 Å². The van der Waals surface area contributed by atoms with E-state index in [2.05, 4.69) is 9.97 Å². The summed E-state index contributed by atoms with van der Waals surface area (Å²) in [5, 5.41) is 0.951. The average Bonchev–Trinajstić information content (AvgIpc) is 2.77. The quantitative estimate of drug-likeness (QED) is 0.443. The lowest BCUT2D eigenvalue weighted by molar-refractivity contribution is -0.117. The normalized spacial score (nSPS) is 11.4. The zero-order valence-corrected chi connectivity index (χ0v) is 18.0. The van der Waals surface area contributed by atoms with E-state index < -0.39 is 27.2 Å². The number of pyridine rings is 2. The molecule has 0 aliphatic heterocycles. The molecule has 10 nitrogen and oxygen atoms in total. The first-order valence-electron chi connectivity index (χ1n) is 9.07. The zero-order valence-electron chi connectivity index (χ0n) is 16.4. The number of carbonyl (C=O) groups excluding carboxylic acids is 1. The van der Waals surface area contributed by atoms with Crippen molar-refractivity contribution in [3.05, 3.63) is 93.1 Å². The highest BCUT2D eigenvalue weighted by Gasteiger charge is 2.29. The number of aromatic nitrogens is 4. The summed E-state index contributed by atoms with van der Waals surface area (Å²) in [5.41, 5.74) is -2.25. The van der Waals surface area contributed by atoms with Crippen molar-refractivity contribution in [2.75, 3.05) is 5.01 Å². The molecule has 0 unspecified atom stereocenters. The van der Waals surface area contributed by atoms with Crippen molar-refractivity contribution in [2.45, 2.75) is 11.8 Å². The van der Waals surface area contributed by atoms with Crippen LogP contribution in [0.25, 0.3) is 10.9 Å². The number of hydrogen-bond donors (Lipinski definition) is 0. The van der Waals surface area contributed by atoms with E-state index in [1.165, 1.54) is 68.0 Å². The fraction of sp³-hybridized carbons (Fsp3) is 0.0500. The van der Waals surface area contributed by atoms with Gasteiger partial charge in [-0.2, -0.15) is 4.68 Å². The summed E-state index contributed by atoms with van der Waals surface area (Å²) in [4.78, 5) is 46.6. The van der Waals surface area contributed by atoms with Crippen LogP contribution in [-0.4, -0.2) is 32.9 Å². The van der Waals surface area contributed by atoms with Crippen molar-refractivity contribution >= 4 is 44.1 Å². The summed E-state index contributed by atoms with van der Waals surface area (Å²) in [6.45, 7) is 1.18. The highest BCUT2D eigenvalue weighted by Crippen LogP contribution is 2.21. The van der Waals surface area contributed by atoms with Gasteiger partial charge in [0.25, 0.3) is 15.6 Å². The first kappa shape index (κ1) is 21.4. The van der Waals surface area contributed by atoms with Crippen LogP contribution >= 0.6 is 11.6 Å². The molecule has 0 atom stereocenters. The van der Waals surface area contributed by atoms with Crippen LogP contribution in [0, 0.1) is 0 Å². The lowest BCUT2D eigenvalue weighted by atomic mass is 10.2. The molecule has 0 radical (unpaired) electrons. The van der Waals surface area contributed by atoms with Gasteiger partial charge in [0.05, 0.1) is 22.8 Å². The smallest absolute Gasteiger partial charge is 0.273 e. The van der Waals surface area contributed by atoms with Gasteiger partial charge in [0.15, 0.2) is 0 Å². The second-order valence-corrected chi connectivity index (χ2v) is 8.78. The van der Waals surface area contributed by atoms with Gasteiger partial charge >= 0.3 is 5.69 Å². The first-order chi connectivity index (χ1) is 15.2. The fourth-order valence-electron chi connectivity index (χ4n) is 3.17. The largest absolute Gasteiger partial charge is 0.365 e. The Labute approximate surface area is 186 Å². The van der Waals surface area contributed by atoms with E-state index in [9.17, 15) is 22.8 Å². The first-order valence-corrected chi connectivity index (χ1v) is 10.9. The summed E-state index contributed by atoms with van der Waals surface area (Å²) in [6.07, 6.45) is 5.15. The maximum absolute atomic E-state index is 13.5.